The van der Waals surface area contributed by atoms with E-state index in [0.29, 0.717) is 12.2 Å². The third kappa shape index (κ3) is 3.11. The van der Waals surface area contributed by atoms with E-state index in [0.717, 1.165) is 25.7 Å². The lowest BCUT2D eigenvalue weighted by molar-refractivity contribution is 0.142. The van der Waals surface area contributed by atoms with E-state index in [-0.39, 0.29) is 6.10 Å². The molecule has 1 saturated heterocycles. The SMILES string of the molecule is CCCC(O)CC1OC1CCC. The Kier molecular flexibility index (Phi) is 4.02. The van der Waals surface area contributed by atoms with Crippen molar-refractivity contribution in [3.8, 4) is 0 Å². The van der Waals surface area contributed by atoms with Crippen LogP contribution >= 0.6 is 0 Å². The summed E-state index contributed by atoms with van der Waals surface area (Å²) < 4.78 is 5.41. The van der Waals surface area contributed by atoms with E-state index >= 15 is 0 Å². The minimum absolute atomic E-state index is 0.137. The van der Waals surface area contributed by atoms with Crippen LogP contribution in [0.4, 0.5) is 0 Å². The normalized spacial score (nSPS) is 30.2. The summed E-state index contributed by atoms with van der Waals surface area (Å²) in [7, 11) is 0. The molecular formula is C10H20O2. The summed E-state index contributed by atoms with van der Waals surface area (Å²) in [5, 5.41) is 9.47. The molecule has 0 aliphatic carbocycles. The topological polar surface area (TPSA) is 32.8 Å². The number of aliphatic hydroxyl groups excluding tert-OH is 1. The van der Waals surface area contributed by atoms with E-state index in [1.165, 1.54) is 6.42 Å². The van der Waals surface area contributed by atoms with Crippen LogP contribution in [0.1, 0.15) is 46.0 Å². The van der Waals surface area contributed by atoms with Crippen molar-refractivity contribution in [3.05, 3.63) is 0 Å². The number of hydrogen-bond acceptors (Lipinski definition) is 2. The fourth-order valence-corrected chi connectivity index (χ4v) is 1.64. The minimum atomic E-state index is -0.137. The van der Waals surface area contributed by atoms with E-state index in [2.05, 4.69) is 13.8 Å². The molecule has 1 heterocycles. The van der Waals surface area contributed by atoms with Gasteiger partial charge in [0, 0.05) is 6.42 Å². The highest BCUT2D eigenvalue weighted by Crippen LogP contribution is 2.30. The molecule has 2 nitrogen and oxygen atoms in total. The molecule has 3 unspecified atom stereocenters. The Hall–Kier alpha value is -0.0800. The van der Waals surface area contributed by atoms with Crippen LogP contribution in [0.3, 0.4) is 0 Å². The molecule has 1 rings (SSSR count). The number of ether oxygens (including phenoxy) is 1. The molecular weight excluding hydrogens is 152 g/mol. The van der Waals surface area contributed by atoms with Crippen molar-refractivity contribution in [1.29, 1.82) is 0 Å². The monoisotopic (exact) mass is 172 g/mol. The Morgan fingerprint density at radius 3 is 2.58 bits per heavy atom. The maximum Gasteiger partial charge on any atom is 0.0866 e. The van der Waals surface area contributed by atoms with Gasteiger partial charge in [0.1, 0.15) is 0 Å². The molecule has 1 aliphatic heterocycles. The average Bonchev–Trinajstić information content (AvgIpc) is 2.69. The van der Waals surface area contributed by atoms with Gasteiger partial charge in [-0.15, -0.1) is 0 Å². The Bertz CT molecular complexity index is 125. The first-order valence-electron chi connectivity index (χ1n) is 5.11. The third-order valence-electron chi connectivity index (χ3n) is 2.39. The molecule has 1 aliphatic rings. The van der Waals surface area contributed by atoms with Gasteiger partial charge in [0.2, 0.25) is 0 Å². The van der Waals surface area contributed by atoms with Gasteiger partial charge < -0.3 is 9.84 Å². The van der Waals surface area contributed by atoms with Crippen LogP contribution in [0.5, 0.6) is 0 Å². The van der Waals surface area contributed by atoms with Gasteiger partial charge in [-0.2, -0.15) is 0 Å². The van der Waals surface area contributed by atoms with Gasteiger partial charge in [-0.05, 0) is 12.8 Å². The molecule has 1 N–H and O–H groups in total. The van der Waals surface area contributed by atoms with Crippen LogP contribution in [0, 0.1) is 0 Å². The predicted molar refractivity (Wildman–Crippen MR) is 49.1 cm³/mol. The van der Waals surface area contributed by atoms with Gasteiger partial charge >= 0.3 is 0 Å². The quantitative estimate of drug-likeness (QED) is 0.622. The number of aliphatic hydroxyl groups is 1. The van der Waals surface area contributed by atoms with Crippen LogP contribution in [-0.4, -0.2) is 23.4 Å². The smallest absolute Gasteiger partial charge is 0.0866 e. The molecule has 72 valence electrons. The van der Waals surface area contributed by atoms with Gasteiger partial charge in [-0.1, -0.05) is 26.7 Å². The van der Waals surface area contributed by atoms with E-state index < -0.39 is 0 Å². The molecule has 0 radical (unpaired) electrons. The van der Waals surface area contributed by atoms with E-state index in [1.54, 1.807) is 0 Å². The Morgan fingerprint density at radius 2 is 2.00 bits per heavy atom. The average molecular weight is 172 g/mol. The minimum Gasteiger partial charge on any atom is -0.393 e. The second-order valence-corrected chi connectivity index (χ2v) is 3.68. The number of epoxide rings is 1. The van der Waals surface area contributed by atoms with Crippen LogP contribution in [0.2, 0.25) is 0 Å². The summed E-state index contributed by atoms with van der Waals surface area (Å²) in [4.78, 5) is 0. The number of rotatable bonds is 6. The Labute approximate surface area is 74.9 Å². The summed E-state index contributed by atoms with van der Waals surface area (Å²) in [6.07, 6.45) is 5.85. The van der Waals surface area contributed by atoms with Crippen molar-refractivity contribution in [2.24, 2.45) is 0 Å². The lowest BCUT2D eigenvalue weighted by Gasteiger charge is -2.05. The predicted octanol–water partition coefficient (Wildman–Crippen LogP) is 2.10. The van der Waals surface area contributed by atoms with Crippen LogP contribution < -0.4 is 0 Å². The number of hydrogen-bond donors (Lipinski definition) is 1. The summed E-state index contributed by atoms with van der Waals surface area (Å²) in [6.45, 7) is 4.27. The van der Waals surface area contributed by atoms with Crippen molar-refractivity contribution < 1.29 is 9.84 Å². The first-order valence-corrected chi connectivity index (χ1v) is 5.11. The summed E-state index contributed by atoms with van der Waals surface area (Å²) in [5.41, 5.74) is 0. The Morgan fingerprint density at radius 1 is 1.25 bits per heavy atom. The van der Waals surface area contributed by atoms with E-state index in [4.69, 9.17) is 4.74 Å². The van der Waals surface area contributed by atoms with E-state index in [9.17, 15) is 5.11 Å². The van der Waals surface area contributed by atoms with Gasteiger partial charge in [-0.3, -0.25) is 0 Å². The second-order valence-electron chi connectivity index (χ2n) is 3.68. The van der Waals surface area contributed by atoms with Crippen LogP contribution in [0.15, 0.2) is 0 Å². The van der Waals surface area contributed by atoms with Crippen LogP contribution in [0.25, 0.3) is 0 Å². The molecule has 0 amide bonds. The lowest BCUT2D eigenvalue weighted by Crippen LogP contribution is -2.10. The van der Waals surface area contributed by atoms with Crippen molar-refractivity contribution in [2.45, 2.75) is 64.3 Å². The second kappa shape index (κ2) is 4.83. The summed E-state index contributed by atoms with van der Waals surface area (Å²) >= 11 is 0. The highest BCUT2D eigenvalue weighted by atomic mass is 16.6. The lowest BCUT2D eigenvalue weighted by atomic mass is 10.1. The highest BCUT2D eigenvalue weighted by molar-refractivity contribution is 4.86. The van der Waals surface area contributed by atoms with Gasteiger partial charge in [-0.25, -0.2) is 0 Å². The molecule has 0 aromatic carbocycles. The molecule has 12 heavy (non-hydrogen) atoms. The molecule has 0 aromatic rings. The molecule has 0 bridgehead atoms. The zero-order chi connectivity index (χ0) is 8.97. The van der Waals surface area contributed by atoms with Gasteiger partial charge in [0.25, 0.3) is 0 Å². The fraction of sp³-hybridized carbons (Fsp3) is 1.00. The third-order valence-corrected chi connectivity index (χ3v) is 2.39. The van der Waals surface area contributed by atoms with Crippen molar-refractivity contribution in [2.75, 3.05) is 0 Å². The van der Waals surface area contributed by atoms with Crippen molar-refractivity contribution >= 4 is 0 Å². The fourth-order valence-electron chi connectivity index (χ4n) is 1.64. The maximum absolute atomic E-state index is 9.47. The largest absolute Gasteiger partial charge is 0.393 e. The van der Waals surface area contributed by atoms with Crippen molar-refractivity contribution in [3.63, 3.8) is 0 Å². The standard InChI is InChI=1S/C10H20O2/c1-3-5-8(11)7-10-9(12-10)6-4-2/h8-11H,3-7H2,1-2H3. The van der Waals surface area contributed by atoms with Crippen molar-refractivity contribution in [1.82, 2.24) is 0 Å². The molecule has 3 atom stereocenters. The summed E-state index contributed by atoms with van der Waals surface area (Å²) in [6, 6.07) is 0. The van der Waals surface area contributed by atoms with Gasteiger partial charge in [0.05, 0.1) is 18.3 Å². The first kappa shape index (κ1) is 10.0. The Balaban J connectivity index is 2.02. The zero-order valence-corrected chi connectivity index (χ0v) is 8.12. The molecule has 0 spiro atoms. The van der Waals surface area contributed by atoms with E-state index in [1.807, 2.05) is 0 Å². The van der Waals surface area contributed by atoms with Crippen LogP contribution in [-0.2, 0) is 4.74 Å². The molecule has 2 heteroatoms. The summed E-state index contributed by atoms with van der Waals surface area (Å²) in [5.74, 6) is 0. The maximum atomic E-state index is 9.47. The van der Waals surface area contributed by atoms with Gasteiger partial charge in [0.15, 0.2) is 0 Å². The highest BCUT2D eigenvalue weighted by Gasteiger charge is 2.38. The zero-order valence-electron chi connectivity index (χ0n) is 8.12. The molecule has 1 fully saturated rings. The first-order chi connectivity index (χ1) is 5.77. The molecule has 0 saturated carbocycles. The molecule has 0 aromatic heterocycles.